The maximum atomic E-state index is 13.0. The normalized spacial score (nSPS) is 22.3. The lowest BCUT2D eigenvalue weighted by molar-refractivity contribution is -0.137. The van der Waals surface area contributed by atoms with Crippen molar-refractivity contribution in [3.63, 3.8) is 0 Å². The van der Waals surface area contributed by atoms with Crippen LogP contribution in [0.1, 0.15) is 12.0 Å². The van der Waals surface area contributed by atoms with Gasteiger partial charge in [-0.25, -0.2) is 15.0 Å². The van der Waals surface area contributed by atoms with E-state index in [4.69, 9.17) is 0 Å². The quantitative estimate of drug-likeness (QED) is 0.671. The Hall–Kier alpha value is -2.91. The van der Waals surface area contributed by atoms with Crippen LogP contribution in [0, 0.1) is 5.92 Å². The Bertz CT molecular complexity index is 1030. The van der Waals surface area contributed by atoms with Crippen molar-refractivity contribution in [2.24, 2.45) is 13.0 Å². The van der Waals surface area contributed by atoms with Gasteiger partial charge in [-0.2, -0.15) is 18.3 Å². The third kappa shape index (κ3) is 2.66. The van der Waals surface area contributed by atoms with E-state index >= 15 is 0 Å². The molecule has 2 atom stereocenters. The summed E-state index contributed by atoms with van der Waals surface area (Å²) in [5.41, 5.74) is 0.0992. The number of rotatable bonds is 2. The van der Waals surface area contributed by atoms with Gasteiger partial charge in [0.25, 0.3) is 0 Å². The summed E-state index contributed by atoms with van der Waals surface area (Å²) in [5, 5.41) is 5.16. The second-order valence-corrected chi connectivity index (χ2v) is 7.32. The first kappa shape index (κ1) is 17.2. The Labute approximate surface area is 158 Å². The van der Waals surface area contributed by atoms with Crippen LogP contribution >= 0.6 is 0 Å². The van der Waals surface area contributed by atoms with Gasteiger partial charge in [0, 0.05) is 38.8 Å². The van der Waals surface area contributed by atoms with Crippen LogP contribution in [-0.4, -0.2) is 50.4 Å². The van der Waals surface area contributed by atoms with E-state index in [2.05, 4.69) is 25.0 Å². The third-order valence-corrected chi connectivity index (χ3v) is 5.72. The van der Waals surface area contributed by atoms with Crippen molar-refractivity contribution in [1.82, 2.24) is 24.7 Å². The van der Waals surface area contributed by atoms with Gasteiger partial charge < -0.3 is 9.80 Å². The van der Waals surface area contributed by atoms with Gasteiger partial charge in [0.1, 0.15) is 18.0 Å². The van der Waals surface area contributed by atoms with E-state index in [-0.39, 0.29) is 6.04 Å². The summed E-state index contributed by atoms with van der Waals surface area (Å²) in [7, 11) is 1.84. The maximum absolute atomic E-state index is 13.0. The Morgan fingerprint density at radius 2 is 2.00 bits per heavy atom. The molecule has 0 spiro atoms. The van der Waals surface area contributed by atoms with Crippen LogP contribution in [0.25, 0.3) is 11.0 Å². The molecule has 0 aromatic carbocycles. The van der Waals surface area contributed by atoms with Crippen LogP contribution in [0.3, 0.4) is 0 Å². The number of fused-ring (bicyclic) bond motifs is 2. The van der Waals surface area contributed by atoms with Gasteiger partial charge >= 0.3 is 6.18 Å². The van der Waals surface area contributed by atoms with E-state index in [9.17, 15) is 13.2 Å². The number of hydrogen-bond acceptors (Lipinski definition) is 6. The minimum absolute atomic E-state index is 0.176. The van der Waals surface area contributed by atoms with Crippen molar-refractivity contribution in [2.75, 3.05) is 29.4 Å². The number of aromatic nitrogens is 5. The molecule has 2 unspecified atom stereocenters. The predicted octanol–water partition coefficient (Wildman–Crippen LogP) is 2.49. The fourth-order valence-corrected chi connectivity index (χ4v) is 4.36. The standard InChI is InChI=1S/C18H18F3N7/c1-26-16-13(7-25-26)17(24-10-23-16)28-5-3-11-8-27(9-14(11)28)15-6-12(2-4-22-15)18(19,20)21/h2,4,6-7,10-11,14H,3,5,8-9H2,1H3. The highest BCUT2D eigenvalue weighted by Gasteiger charge is 2.43. The summed E-state index contributed by atoms with van der Waals surface area (Å²) in [6, 6.07) is 2.32. The van der Waals surface area contributed by atoms with Crippen molar-refractivity contribution in [1.29, 1.82) is 0 Å². The molecule has 5 rings (SSSR count). The zero-order valence-corrected chi connectivity index (χ0v) is 15.1. The highest BCUT2D eigenvalue weighted by molar-refractivity contribution is 5.87. The van der Waals surface area contributed by atoms with E-state index in [0.29, 0.717) is 24.8 Å². The van der Waals surface area contributed by atoms with E-state index in [1.807, 2.05) is 11.9 Å². The second-order valence-electron chi connectivity index (χ2n) is 7.32. The molecule has 10 heteroatoms. The van der Waals surface area contributed by atoms with Crippen molar-refractivity contribution in [3.8, 4) is 0 Å². The number of hydrogen-bond donors (Lipinski definition) is 0. The lowest BCUT2D eigenvalue weighted by atomic mass is 10.1. The Morgan fingerprint density at radius 3 is 2.82 bits per heavy atom. The highest BCUT2D eigenvalue weighted by Crippen LogP contribution is 2.38. The number of aryl methyl sites for hydroxylation is 1. The fourth-order valence-electron chi connectivity index (χ4n) is 4.36. The molecule has 2 aliphatic heterocycles. The minimum atomic E-state index is -4.37. The van der Waals surface area contributed by atoms with Crippen LogP contribution in [0.5, 0.6) is 0 Å². The molecular weight excluding hydrogens is 371 g/mol. The van der Waals surface area contributed by atoms with Gasteiger partial charge in [-0.05, 0) is 18.6 Å². The molecule has 2 fully saturated rings. The van der Waals surface area contributed by atoms with Crippen LogP contribution in [-0.2, 0) is 13.2 Å². The molecule has 0 amide bonds. The topological polar surface area (TPSA) is 63.0 Å². The molecule has 7 nitrogen and oxygen atoms in total. The SMILES string of the molecule is Cn1ncc2c(N3CCC4CN(c5cc(C(F)(F)F)ccn5)CC43)ncnc21. The van der Waals surface area contributed by atoms with Crippen molar-refractivity contribution < 1.29 is 13.2 Å². The first-order valence-corrected chi connectivity index (χ1v) is 9.09. The van der Waals surface area contributed by atoms with Crippen molar-refractivity contribution >= 4 is 22.7 Å². The average molecular weight is 389 g/mol. The monoisotopic (exact) mass is 389 g/mol. The predicted molar refractivity (Wildman–Crippen MR) is 97.0 cm³/mol. The molecule has 28 heavy (non-hydrogen) atoms. The van der Waals surface area contributed by atoms with Crippen molar-refractivity contribution in [3.05, 3.63) is 36.4 Å². The zero-order chi connectivity index (χ0) is 19.5. The molecule has 0 radical (unpaired) electrons. The van der Waals surface area contributed by atoms with Crippen LogP contribution in [0.2, 0.25) is 0 Å². The number of alkyl halides is 3. The third-order valence-electron chi connectivity index (χ3n) is 5.72. The van der Waals surface area contributed by atoms with E-state index in [1.54, 1.807) is 10.9 Å². The summed E-state index contributed by atoms with van der Waals surface area (Å²) in [6.07, 6.45) is 1.12. The summed E-state index contributed by atoms with van der Waals surface area (Å²) in [5.74, 6) is 1.57. The molecule has 0 bridgehead atoms. The Morgan fingerprint density at radius 1 is 1.14 bits per heavy atom. The van der Waals surface area contributed by atoms with Gasteiger partial charge in [0.05, 0.1) is 23.2 Å². The van der Waals surface area contributed by atoms with E-state index in [1.165, 1.54) is 12.5 Å². The molecule has 5 heterocycles. The van der Waals surface area contributed by atoms with Crippen LogP contribution in [0.15, 0.2) is 30.9 Å². The maximum Gasteiger partial charge on any atom is 0.416 e. The number of nitrogens with zero attached hydrogens (tertiary/aromatic N) is 7. The van der Waals surface area contributed by atoms with Crippen LogP contribution < -0.4 is 9.80 Å². The summed E-state index contributed by atoms with van der Waals surface area (Å²) in [4.78, 5) is 17.1. The largest absolute Gasteiger partial charge is 0.416 e. The average Bonchev–Trinajstić information content (AvgIpc) is 3.36. The molecule has 3 aromatic rings. The van der Waals surface area contributed by atoms with E-state index in [0.717, 1.165) is 41.9 Å². The van der Waals surface area contributed by atoms with Gasteiger partial charge in [-0.3, -0.25) is 4.68 Å². The number of halogens is 3. The Balaban J connectivity index is 1.43. The van der Waals surface area contributed by atoms with Gasteiger partial charge in [0.2, 0.25) is 0 Å². The zero-order valence-electron chi connectivity index (χ0n) is 15.1. The molecular formula is C18H18F3N7. The lowest BCUT2D eigenvalue weighted by Gasteiger charge is -2.26. The van der Waals surface area contributed by atoms with Crippen molar-refractivity contribution in [2.45, 2.75) is 18.6 Å². The summed E-state index contributed by atoms with van der Waals surface area (Å²) >= 11 is 0. The summed E-state index contributed by atoms with van der Waals surface area (Å²) in [6.45, 7) is 2.17. The number of anilines is 2. The van der Waals surface area contributed by atoms with E-state index < -0.39 is 11.7 Å². The molecule has 0 N–H and O–H groups in total. The minimum Gasteiger partial charge on any atom is -0.354 e. The lowest BCUT2D eigenvalue weighted by Crippen LogP contribution is -2.36. The molecule has 2 saturated heterocycles. The molecule has 146 valence electrons. The van der Waals surface area contributed by atoms with Crippen LogP contribution in [0.4, 0.5) is 24.8 Å². The van der Waals surface area contributed by atoms with Gasteiger partial charge in [-0.15, -0.1) is 0 Å². The molecule has 2 aliphatic rings. The molecule has 0 aliphatic carbocycles. The fraction of sp³-hybridized carbons (Fsp3) is 0.444. The summed E-state index contributed by atoms with van der Waals surface area (Å²) < 4.78 is 40.8. The van der Waals surface area contributed by atoms with Gasteiger partial charge in [0.15, 0.2) is 5.65 Å². The number of pyridine rings is 1. The molecule has 3 aromatic heterocycles. The highest BCUT2D eigenvalue weighted by atomic mass is 19.4. The molecule has 0 saturated carbocycles. The first-order chi connectivity index (χ1) is 13.4. The second kappa shape index (κ2) is 6.05. The Kier molecular flexibility index (Phi) is 3.72. The smallest absolute Gasteiger partial charge is 0.354 e. The van der Waals surface area contributed by atoms with Gasteiger partial charge in [-0.1, -0.05) is 0 Å². The first-order valence-electron chi connectivity index (χ1n) is 9.09.